The molecular weight excluding hydrogens is 259 g/mol. The maximum Gasteiger partial charge on any atom is 0.451 e. The van der Waals surface area contributed by atoms with Gasteiger partial charge in [0.2, 0.25) is 5.82 Å². The number of piperidine rings is 1. The maximum absolute atomic E-state index is 12.7. The Morgan fingerprint density at radius 3 is 2.53 bits per heavy atom. The molecule has 5 nitrogen and oxygen atoms in total. The van der Waals surface area contributed by atoms with E-state index < -0.39 is 12.0 Å². The molecular formula is C11H16F3N5. The van der Waals surface area contributed by atoms with Crippen LogP contribution in [0, 0.1) is 0 Å². The van der Waals surface area contributed by atoms with E-state index in [2.05, 4.69) is 20.4 Å². The van der Waals surface area contributed by atoms with E-state index in [4.69, 9.17) is 0 Å². The fourth-order valence-corrected chi connectivity index (χ4v) is 2.87. The van der Waals surface area contributed by atoms with Crippen LogP contribution in [0.2, 0.25) is 0 Å². The Bertz CT molecular complexity index is 450. The first-order valence-corrected chi connectivity index (χ1v) is 6.50. The molecule has 0 aliphatic carbocycles. The lowest BCUT2D eigenvalue weighted by Gasteiger charge is -2.37. The predicted octanol–water partition coefficient (Wildman–Crippen LogP) is 0.864. The van der Waals surface area contributed by atoms with Crippen molar-refractivity contribution in [3.63, 3.8) is 0 Å². The van der Waals surface area contributed by atoms with Crippen molar-refractivity contribution in [2.45, 2.75) is 38.1 Å². The van der Waals surface area contributed by atoms with E-state index in [1.54, 1.807) is 0 Å². The van der Waals surface area contributed by atoms with E-state index in [1.807, 2.05) is 0 Å². The molecule has 0 saturated carbocycles. The summed E-state index contributed by atoms with van der Waals surface area (Å²) in [6.07, 6.45) is -2.33. The van der Waals surface area contributed by atoms with Gasteiger partial charge in [-0.25, -0.2) is 0 Å². The van der Waals surface area contributed by atoms with Gasteiger partial charge in [0, 0.05) is 19.1 Å². The van der Waals surface area contributed by atoms with Crippen molar-refractivity contribution in [2.75, 3.05) is 19.6 Å². The van der Waals surface area contributed by atoms with Gasteiger partial charge >= 0.3 is 6.18 Å². The summed E-state index contributed by atoms with van der Waals surface area (Å²) >= 11 is 0. The molecule has 0 bridgehead atoms. The molecule has 8 heteroatoms. The monoisotopic (exact) mass is 275 g/mol. The SMILES string of the molecule is FC(F)(F)c1nnc2n1CCN(C1CCNCC1)C2. The molecule has 1 N–H and O–H groups in total. The van der Waals surface area contributed by atoms with Crippen LogP contribution >= 0.6 is 0 Å². The molecule has 3 heterocycles. The van der Waals surface area contributed by atoms with Crippen molar-refractivity contribution in [1.82, 2.24) is 25.0 Å². The summed E-state index contributed by atoms with van der Waals surface area (Å²) in [6, 6.07) is 0.445. The van der Waals surface area contributed by atoms with Gasteiger partial charge in [0.25, 0.3) is 0 Å². The van der Waals surface area contributed by atoms with E-state index in [0.29, 0.717) is 31.5 Å². The van der Waals surface area contributed by atoms with E-state index >= 15 is 0 Å². The molecule has 1 aromatic rings. The van der Waals surface area contributed by atoms with Crippen LogP contribution in [0.25, 0.3) is 0 Å². The lowest BCUT2D eigenvalue weighted by atomic mass is 10.0. The minimum Gasteiger partial charge on any atom is -0.317 e. The van der Waals surface area contributed by atoms with Crippen LogP contribution in [0.3, 0.4) is 0 Å². The van der Waals surface area contributed by atoms with Gasteiger partial charge in [-0.2, -0.15) is 13.2 Å². The Labute approximate surface area is 108 Å². The summed E-state index contributed by atoms with van der Waals surface area (Å²) in [5.74, 6) is -0.440. The smallest absolute Gasteiger partial charge is 0.317 e. The van der Waals surface area contributed by atoms with Gasteiger partial charge in [0.15, 0.2) is 0 Å². The number of nitrogens with zero attached hydrogens (tertiary/aromatic N) is 4. The Balaban J connectivity index is 1.76. The first-order valence-electron chi connectivity index (χ1n) is 6.50. The van der Waals surface area contributed by atoms with Crippen molar-refractivity contribution in [3.05, 3.63) is 11.6 Å². The molecule has 0 radical (unpaired) electrons. The fourth-order valence-electron chi connectivity index (χ4n) is 2.87. The molecule has 1 saturated heterocycles. The van der Waals surface area contributed by atoms with Gasteiger partial charge < -0.3 is 9.88 Å². The molecule has 3 rings (SSSR count). The van der Waals surface area contributed by atoms with Crippen LogP contribution in [-0.4, -0.2) is 45.3 Å². The molecule has 2 aliphatic rings. The summed E-state index contributed by atoms with van der Waals surface area (Å²) in [6.45, 7) is 3.37. The first kappa shape index (κ1) is 12.9. The van der Waals surface area contributed by atoms with E-state index in [9.17, 15) is 13.2 Å². The highest BCUT2D eigenvalue weighted by atomic mass is 19.4. The van der Waals surface area contributed by atoms with E-state index in [0.717, 1.165) is 25.9 Å². The Hall–Kier alpha value is -1.15. The molecule has 1 fully saturated rings. The highest BCUT2D eigenvalue weighted by molar-refractivity contribution is 5.03. The first-order chi connectivity index (χ1) is 9.05. The second kappa shape index (κ2) is 4.75. The lowest BCUT2D eigenvalue weighted by Crippen LogP contribution is -2.46. The summed E-state index contributed by atoms with van der Waals surface area (Å²) in [7, 11) is 0. The third-order valence-electron chi connectivity index (χ3n) is 3.86. The zero-order chi connectivity index (χ0) is 13.5. The average molecular weight is 275 g/mol. The second-order valence-electron chi connectivity index (χ2n) is 5.04. The summed E-state index contributed by atoms with van der Waals surface area (Å²) in [4.78, 5) is 2.23. The highest BCUT2D eigenvalue weighted by Gasteiger charge is 2.40. The second-order valence-corrected chi connectivity index (χ2v) is 5.04. The number of hydrogen-bond acceptors (Lipinski definition) is 4. The predicted molar refractivity (Wildman–Crippen MR) is 61.3 cm³/mol. The molecule has 0 spiro atoms. The van der Waals surface area contributed by atoms with Crippen LogP contribution in [0.1, 0.15) is 24.5 Å². The highest BCUT2D eigenvalue weighted by Crippen LogP contribution is 2.30. The molecule has 0 amide bonds. The van der Waals surface area contributed by atoms with Crippen LogP contribution in [0.15, 0.2) is 0 Å². The number of hydrogen-bond donors (Lipinski definition) is 1. The molecule has 19 heavy (non-hydrogen) atoms. The van der Waals surface area contributed by atoms with Crippen LogP contribution in [0.5, 0.6) is 0 Å². The van der Waals surface area contributed by atoms with Crippen molar-refractivity contribution >= 4 is 0 Å². The lowest BCUT2D eigenvalue weighted by molar-refractivity contribution is -0.148. The third-order valence-corrected chi connectivity index (χ3v) is 3.86. The van der Waals surface area contributed by atoms with E-state index in [-0.39, 0.29) is 0 Å². The van der Waals surface area contributed by atoms with Crippen LogP contribution < -0.4 is 5.32 Å². The Morgan fingerprint density at radius 1 is 1.11 bits per heavy atom. The molecule has 1 aromatic heterocycles. The third kappa shape index (κ3) is 2.46. The summed E-state index contributed by atoms with van der Waals surface area (Å²) < 4.78 is 39.4. The van der Waals surface area contributed by atoms with Crippen molar-refractivity contribution in [2.24, 2.45) is 0 Å². The normalized spacial score (nSPS) is 22.5. The minimum atomic E-state index is -4.41. The minimum absolute atomic E-state index is 0.321. The number of fused-ring (bicyclic) bond motifs is 1. The summed E-state index contributed by atoms with van der Waals surface area (Å²) in [5, 5.41) is 10.3. The van der Waals surface area contributed by atoms with Gasteiger partial charge in [0.05, 0.1) is 6.54 Å². The number of halogens is 3. The van der Waals surface area contributed by atoms with Gasteiger partial charge in [-0.05, 0) is 25.9 Å². The molecule has 0 atom stereocenters. The standard InChI is InChI=1S/C11H16F3N5/c12-11(13,14)10-17-16-9-7-18(5-6-19(9)10)8-1-3-15-4-2-8/h8,15H,1-7H2. The molecule has 2 aliphatic heterocycles. The Kier molecular flexibility index (Phi) is 3.22. The topological polar surface area (TPSA) is 46.0 Å². The number of aromatic nitrogens is 3. The Morgan fingerprint density at radius 2 is 1.84 bits per heavy atom. The van der Waals surface area contributed by atoms with Crippen molar-refractivity contribution in [3.8, 4) is 0 Å². The van der Waals surface area contributed by atoms with Gasteiger partial charge in [-0.15, -0.1) is 10.2 Å². The molecule has 0 aromatic carbocycles. The average Bonchev–Trinajstić information content (AvgIpc) is 2.82. The zero-order valence-corrected chi connectivity index (χ0v) is 10.4. The molecule has 0 unspecified atom stereocenters. The van der Waals surface area contributed by atoms with Crippen molar-refractivity contribution < 1.29 is 13.2 Å². The van der Waals surface area contributed by atoms with Gasteiger partial charge in [-0.3, -0.25) is 4.90 Å². The van der Waals surface area contributed by atoms with Crippen LogP contribution in [-0.2, 0) is 19.3 Å². The maximum atomic E-state index is 12.7. The van der Waals surface area contributed by atoms with Gasteiger partial charge in [-0.1, -0.05) is 0 Å². The largest absolute Gasteiger partial charge is 0.451 e. The number of alkyl halides is 3. The quantitative estimate of drug-likeness (QED) is 0.826. The van der Waals surface area contributed by atoms with E-state index in [1.165, 1.54) is 4.57 Å². The van der Waals surface area contributed by atoms with Crippen molar-refractivity contribution in [1.29, 1.82) is 0 Å². The summed E-state index contributed by atoms with van der Waals surface area (Å²) in [5.41, 5.74) is 0. The van der Waals surface area contributed by atoms with Gasteiger partial charge in [0.1, 0.15) is 5.82 Å². The molecule has 106 valence electrons. The zero-order valence-electron chi connectivity index (χ0n) is 10.4. The number of nitrogens with one attached hydrogen (secondary N) is 1. The number of rotatable bonds is 1. The van der Waals surface area contributed by atoms with Crippen LogP contribution in [0.4, 0.5) is 13.2 Å². The fraction of sp³-hybridized carbons (Fsp3) is 0.818.